The predicted molar refractivity (Wildman–Crippen MR) is 66.2 cm³/mol. The van der Waals surface area contributed by atoms with Crippen molar-refractivity contribution in [2.24, 2.45) is 0 Å². The van der Waals surface area contributed by atoms with Crippen molar-refractivity contribution in [1.29, 1.82) is 0 Å². The van der Waals surface area contributed by atoms with Crippen LogP contribution in [0.1, 0.15) is 23.2 Å². The highest BCUT2D eigenvalue weighted by atomic mass is 19.3. The van der Waals surface area contributed by atoms with Gasteiger partial charge in [0.15, 0.2) is 0 Å². The zero-order valence-electron chi connectivity index (χ0n) is 10.2. The first-order chi connectivity index (χ1) is 9.05. The Balaban J connectivity index is 1.80. The van der Waals surface area contributed by atoms with Crippen molar-refractivity contribution in [1.82, 2.24) is 14.9 Å². The molecule has 0 atom stereocenters. The molecule has 6 heteroatoms. The molecule has 0 bridgehead atoms. The first-order valence-corrected chi connectivity index (χ1v) is 6.15. The van der Waals surface area contributed by atoms with E-state index < -0.39 is 5.92 Å². The smallest absolute Gasteiger partial charge is 0.255 e. The molecule has 0 aliphatic carbocycles. The third-order valence-corrected chi connectivity index (χ3v) is 3.43. The van der Waals surface area contributed by atoms with Crippen LogP contribution in [-0.2, 0) is 0 Å². The van der Waals surface area contributed by atoms with Crippen LogP contribution in [-0.4, -0.2) is 39.8 Å². The molecule has 0 radical (unpaired) electrons. The second-order valence-electron chi connectivity index (χ2n) is 4.79. The maximum Gasteiger partial charge on any atom is 0.255 e. The number of likely N-dealkylation sites (tertiary alicyclic amines) is 1. The highest BCUT2D eigenvalue weighted by molar-refractivity contribution is 5.97. The lowest BCUT2D eigenvalue weighted by Crippen LogP contribution is -2.42. The fourth-order valence-electron chi connectivity index (χ4n) is 2.28. The highest BCUT2D eigenvalue weighted by Crippen LogP contribution is 2.28. The molecule has 0 saturated carbocycles. The number of piperidine rings is 1. The number of nitrogens with one attached hydrogen (secondary N) is 1. The minimum absolute atomic E-state index is 0.0943. The van der Waals surface area contributed by atoms with E-state index in [2.05, 4.69) is 9.97 Å². The summed E-state index contributed by atoms with van der Waals surface area (Å²) < 4.78 is 26.1. The van der Waals surface area contributed by atoms with Crippen molar-refractivity contribution in [2.45, 2.75) is 18.8 Å². The fourth-order valence-corrected chi connectivity index (χ4v) is 2.28. The molecule has 1 fully saturated rings. The number of halogens is 2. The van der Waals surface area contributed by atoms with Crippen molar-refractivity contribution in [3.63, 3.8) is 0 Å². The lowest BCUT2D eigenvalue weighted by molar-refractivity contribution is -0.0494. The molecular weight excluding hydrogens is 252 g/mol. The molecule has 2 aromatic rings. The molecule has 1 saturated heterocycles. The van der Waals surface area contributed by atoms with Crippen LogP contribution in [0.5, 0.6) is 0 Å². The van der Waals surface area contributed by atoms with E-state index in [0.717, 1.165) is 5.39 Å². The number of amides is 1. The van der Waals surface area contributed by atoms with Gasteiger partial charge in [0.25, 0.3) is 11.8 Å². The van der Waals surface area contributed by atoms with Crippen LogP contribution < -0.4 is 0 Å². The third-order valence-electron chi connectivity index (χ3n) is 3.43. The van der Waals surface area contributed by atoms with Gasteiger partial charge in [0.1, 0.15) is 5.65 Å². The normalized spacial score (nSPS) is 18.7. The Morgan fingerprint density at radius 1 is 1.37 bits per heavy atom. The van der Waals surface area contributed by atoms with Gasteiger partial charge in [-0.1, -0.05) is 0 Å². The van der Waals surface area contributed by atoms with E-state index in [4.69, 9.17) is 0 Å². The summed E-state index contributed by atoms with van der Waals surface area (Å²) in [6.45, 7) is 0.189. The standard InChI is InChI=1S/C13H13F2N3O/c14-13(15)2-5-18(6-3-13)12(19)10-7-9-1-4-16-11(9)17-8-10/h1,4,7-8H,2-3,5-6H2,(H,16,17). The Morgan fingerprint density at radius 2 is 2.11 bits per heavy atom. The Bertz CT molecular complexity index is 613. The van der Waals surface area contributed by atoms with E-state index in [1.165, 1.54) is 11.1 Å². The number of fused-ring (bicyclic) bond motifs is 1. The summed E-state index contributed by atoms with van der Waals surface area (Å²) in [4.78, 5) is 20.7. The molecule has 0 unspecified atom stereocenters. The largest absolute Gasteiger partial charge is 0.346 e. The van der Waals surface area contributed by atoms with Gasteiger partial charge in [0, 0.05) is 43.7 Å². The Kier molecular flexibility index (Phi) is 2.73. The Morgan fingerprint density at radius 3 is 2.84 bits per heavy atom. The molecule has 19 heavy (non-hydrogen) atoms. The summed E-state index contributed by atoms with van der Waals surface area (Å²) >= 11 is 0. The van der Waals surface area contributed by atoms with E-state index >= 15 is 0 Å². The second-order valence-corrected chi connectivity index (χ2v) is 4.79. The van der Waals surface area contributed by atoms with Crippen LogP contribution in [0.3, 0.4) is 0 Å². The summed E-state index contributed by atoms with van der Waals surface area (Å²) in [5.41, 5.74) is 1.15. The van der Waals surface area contributed by atoms with Crippen LogP contribution in [0.15, 0.2) is 24.5 Å². The first kappa shape index (κ1) is 12.1. The molecular formula is C13H13F2N3O. The van der Waals surface area contributed by atoms with Crippen LogP contribution in [0.25, 0.3) is 11.0 Å². The molecule has 1 amide bonds. The second kappa shape index (κ2) is 4.29. The van der Waals surface area contributed by atoms with Crippen molar-refractivity contribution in [3.05, 3.63) is 30.1 Å². The number of carbonyl (C=O) groups excluding carboxylic acids is 1. The highest BCUT2D eigenvalue weighted by Gasteiger charge is 2.35. The van der Waals surface area contributed by atoms with E-state index in [1.54, 1.807) is 12.3 Å². The summed E-state index contributed by atoms with van der Waals surface area (Å²) in [6.07, 6.45) is 2.69. The van der Waals surface area contributed by atoms with Gasteiger partial charge < -0.3 is 9.88 Å². The lowest BCUT2D eigenvalue weighted by atomic mass is 10.1. The van der Waals surface area contributed by atoms with Gasteiger partial charge in [-0.05, 0) is 12.1 Å². The molecule has 0 spiro atoms. The van der Waals surface area contributed by atoms with E-state index in [1.807, 2.05) is 6.07 Å². The van der Waals surface area contributed by atoms with Gasteiger partial charge in [-0.2, -0.15) is 0 Å². The Hall–Kier alpha value is -1.98. The van der Waals surface area contributed by atoms with Crippen LogP contribution in [0.2, 0.25) is 0 Å². The summed E-state index contributed by atoms with van der Waals surface area (Å²) in [5.74, 6) is -2.87. The molecule has 1 N–H and O–H groups in total. The molecule has 1 aliphatic rings. The van der Waals surface area contributed by atoms with Crippen LogP contribution >= 0.6 is 0 Å². The third kappa shape index (κ3) is 2.30. The number of carbonyl (C=O) groups is 1. The zero-order valence-corrected chi connectivity index (χ0v) is 10.2. The van der Waals surface area contributed by atoms with Crippen molar-refractivity contribution < 1.29 is 13.6 Å². The number of aromatic nitrogens is 2. The zero-order chi connectivity index (χ0) is 13.5. The van der Waals surface area contributed by atoms with Crippen molar-refractivity contribution >= 4 is 16.9 Å². The average molecular weight is 265 g/mol. The molecule has 3 heterocycles. The van der Waals surface area contributed by atoms with E-state index in [0.29, 0.717) is 11.2 Å². The SMILES string of the molecule is O=C(c1cnc2[nH]ccc2c1)N1CCC(F)(F)CC1. The number of pyridine rings is 1. The average Bonchev–Trinajstić information content (AvgIpc) is 2.85. The number of hydrogen-bond donors (Lipinski definition) is 1. The minimum Gasteiger partial charge on any atom is -0.346 e. The van der Waals surface area contributed by atoms with Gasteiger partial charge in [0.2, 0.25) is 0 Å². The molecule has 0 aromatic carbocycles. The van der Waals surface area contributed by atoms with E-state index in [-0.39, 0.29) is 31.8 Å². The molecule has 3 rings (SSSR count). The van der Waals surface area contributed by atoms with Crippen LogP contribution in [0.4, 0.5) is 8.78 Å². The summed E-state index contributed by atoms with van der Waals surface area (Å²) in [7, 11) is 0. The molecule has 4 nitrogen and oxygen atoms in total. The number of aromatic amines is 1. The van der Waals surface area contributed by atoms with Gasteiger partial charge in [-0.25, -0.2) is 13.8 Å². The maximum atomic E-state index is 13.1. The van der Waals surface area contributed by atoms with Gasteiger partial charge in [-0.3, -0.25) is 4.79 Å². The summed E-state index contributed by atoms with van der Waals surface area (Å²) in [6, 6.07) is 3.55. The van der Waals surface area contributed by atoms with Gasteiger partial charge in [-0.15, -0.1) is 0 Å². The first-order valence-electron chi connectivity index (χ1n) is 6.15. The van der Waals surface area contributed by atoms with Gasteiger partial charge >= 0.3 is 0 Å². The number of nitrogens with zero attached hydrogens (tertiary/aromatic N) is 2. The molecule has 100 valence electrons. The monoisotopic (exact) mass is 265 g/mol. The number of hydrogen-bond acceptors (Lipinski definition) is 2. The van der Waals surface area contributed by atoms with Crippen molar-refractivity contribution in [2.75, 3.05) is 13.1 Å². The quantitative estimate of drug-likeness (QED) is 0.861. The minimum atomic E-state index is -2.64. The predicted octanol–water partition coefficient (Wildman–Crippen LogP) is 2.43. The topological polar surface area (TPSA) is 49.0 Å². The number of rotatable bonds is 1. The fraction of sp³-hybridized carbons (Fsp3) is 0.385. The van der Waals surface area contributed by atoms with Gasteiger partial charge in [0.05, 0.1) is 5.56 Å². The van der Waals surface area contributed by atoms with Crippen molar-refractivity contribution in [3.8, 4) is 0 Å². The lowest BCUT2D eigenvalue weighted by Gasteiger charge is -2.31. The number of alkyl halides is 2. The van der Waals surface area contributed by atoms with E-state index in [9.17, 15) is 13.6 Å². The molecule has 1 aliphatic heterocycles. The Labute approximate surface area is 108 Å². The maximum absolute atomic E-state index is 13.1. The van der Waals surface area contributed by atoms with Crippen LogP contribution in [0, 0.1) is 0 Å². The molecule has 2 aromatic heterocycles. The summed E-state index contributed by atoms with van der Waals surface area (Å²) in [5, 5.41) is 0.841. The number of H-pyrrole nitrogens is 1.